The van der Waals surface area contributed by atoms with E-state index in [0.717, 1.165) is 6.42 Å². The van der Waals surface area contributed by atoms with E-state index in [0.29, 0.717) is 0 Å². The molecule has 0 heterocycles. The molecule has 0 saturated carbocycles. The van der Waals surface area contributed by atoms with E-state index >= 15 is 0 Å². The van der Waals surface area contributed by atoms with Gasteiger partial charge in [-0.15, -0.1) is 22.8 Å². The Morgan fingerprint density at radius 2 is 1.65 bits per heavy atom. The molecule has 0 N–H and O–H groups in total. The Kier molecular flexibility index (Phi) is 4.16. The minimum Gasteiger partial charge on any atom is -0.182 e. The zero-order valence-corrected chi connectivity index (χ0v) is 15.4. The molecule has 2 aliphatic rings. The van der Waals surface area contributed by atoms with E-state index in [1.165, 1.54) is 37.7 Å². The molecule has 100 valence electrons. The number of benzene rings is 2. The van der Waals surface area contributed by atoms with Crippen molar-refractivity contribution < 1.29 is 25.8 Å². The maximum Gasteiger partial charge on any atom is 0 e. The van der Waals surface area contributed by atoms with Gasteiger partial charge in [-0.2, -0.15) is 11.5 Å². The Balaban J connectivity index is 0.00000121. The van der Waals surface area contributed by atoms with Gasteiger partial charge in [-0.1, -0.05) is 74.1 Å². The fourth-order valence-corrected chi connectivity index (χ4v) is 3.79. The molecular formula is C19H19Hf-. The molecule has 0 fully saturated rings. The molecule has 0 aromatic heterocycles. The summed E-state index contributed by atoms with van der Waals surface area (Å²) >= 11 is 0. The van der Waals surface area contributed by atoms with Gasteiger partial charge in [0.15, 0.2) is 0 Å². The van der Waals surface area contributed by atoms with E-state index in [9.17, 15) is 0 Å². The van der Waals surface area contributed by atoms with Crippen LogP contribution in [-0.4, -0.2) is 0 Å². The van der Waals surface area contributed by atoms with Gasteiger partial charge in [0.2, 0.25) is 0 Å². The number of rotatable bonds is 2. The standard InChI is InChI=1S/C19H19.Hf/c1-2-5-14(6-3-1)13-17-12-11-16-10-9-15-7-4-8-18(15)19(16)17;/h1-3,5-6,9-10H,4,7-8,11-13H2;/q-1;. The van der Waals surface area contributed by atoms with Gasteiger partial charge in [-0.3, -0.25) is 0 Å². The molecule has 0 unspecified atom stereocenters. The van der Waals surface area contributed by atoms with E-state index in [1.54, 1.807) is 28.2 Å². The van der Waals surface area contributed by atoms with Crippen LogP contribution < -0.4 is 0 Å². The normalized spacial score (nSPS) is 15.7. The summed E-state index contributed by atoms with van der Waals surface area (Å²) in [6.45, 7) is 0. The Bertz CT molecular complexity index is 601. The van der Waals surface area contributed by atoms with Crippen molar-refractivity contribution in [2.75, 3.05) is 0 Å². The summed E-state index contributed by atoms with van der Waals surface area (Å²) in [5, 5.41) is 0. The predicted octanol–water partition coefficient (Wildman–Crippen LogP) is 4.28. The molecule has 2 aromatic rings. The van der Waals surface area contributed by atoms with Crippen LogP contribution >= 0.6 is 0 Å². The fraction of sp³-hybridized carbons (Fsp3) is 0.316. The smallest absolute Gasteiger partial charge is 0 e. The summed E-state index contributed by atoms with van der Waals surface area (Å²) in [7, 11) is 0. The SMILES string of the molecule is [Hf].c1ccc(C[C-]2CCc3ccc4c(c32)CCC4)cc1. The molecule has 0 saturated heterocycles. The molecule has 2 aliphatic carbocycles. The van der Waals surface area contributed by atoms with Crippen molar-refractivity contribution in [1.82, 2.24) is 0 Å². The van der Waals surface area contributed by atoms with Crippen LogP contribution in [0.25, 0.3) is 0 Å². The molecule has 0 aliphatic heterocycles. The van der Waals surface area contributed by atoms with Crippen molar-refractivity contribution in [2.24, 2.45) is 0 Å². The molecule has 0 atom stereocenters. The minimum absolute atomic E-state index is 0. The van der Waals surface area contributed by atoms with Gasteiger partial charge in [0, 0.05) is 25.8 Å². The summed E-state index contributed by atoms with van der Waals surface area (Å²) in [4.78, 5) is 0. The molecule has 0 radical (unpaired) electrons. The Morgan fingerprint density at radius 1 is 0.850 bits per heavy atom. The summed E-state index contributed by atoms with van der Waals surface area (Å²) in [6.07, 6.45) is 7.61. The van der Waals surface area contributed by atoms with Crippen molar-refractivity contribution in [1.29, 1.82) is 0 Å². The predicted molar refractivity (Wildman–Crippen MR) is 79.3 cm³/mol. The fourth-order valence-electron chi connectivity index (χ4n) is 3.79. The van der Waals surface area contributed by atoms with Crippen molar-refractivity contribution in [3.63, 3.8) is 0 Å². The number of hydrogen-bond donors (Lipinski definition) is 0. The average Bonchev–Trinajstić information content (AvgIpc) is 3.06. The second-order valence-corrected chi connectivity index (χ2v) is 5.86. The van der Waals surface area contributed by atoms with Crippen LogP contribution in [0.15, 0.2) is 42.5 Å². The molecular weight excluding hydrogens is 407 g/mol. The van der Waals surface area contributed by atoms with E-state index < -0.39 is 0 Å². The van der Waals surface area contributed by atoms with E-state index in [4.69, 9.17) is 0 Å². The molecule has 4 rings (SSSR count). The third kappa shape index (κ3) is 2.41. The van der Waals surface area contributed by atoms with Crippen LogP contribution in [0.2, 0.25) is 0 Å². The van der Waals surface area contributed by atoms with Gasteiger partial charge in [0.1, 0.15) is 0 Å². The first-order chi connectivity index (χ1) is 9.42. The van der Waals surface area contributed by atoms with Crippen molar-refractivity contribution >= 4 is 0 Å². The Hall–Kier alpha value is -0.820. The van der Waals surface area contributed by atoms with Gasteiger partial charge < -0.3 is 0 Å². The maximum absolute atomic E-state index is 2.39. The zero-order valence-electron chi connectivity index (χ0n) is 11.8. The molecule has 2 aromatic carbocycles. The monoisotopic (exact) mass is 427 g/mol. The van der Waals surface area contributed by atoms with Gasteiger partial charge in [-0.25, -0.2) is 0 Å². The third-order valence-electron chi connectivity index (χ3n) is 4.68. The summed E-state index contributed by atoms with van der Waals surface area (Å²) in [5.41, 5.74) is 8.01. The van der Waals surface area contributed by atoms with Crippen molar-refractivity contribution in [2.45, 2.75) is 38.5 Å². The van der Waals surface area contributed by atoms with Crippen molar-refractivity contribution in [3.8, 4) is 0 Å². The van der Waals surface area contributed by atoms with Gasteiger partial charge in [0.25, 0.3) is 0 Å². The second kappa shape index (κ2) is 5.89. The first kappa shape index (κ1) is 14.1. The first-order valence-corrected chi connectivity index (χ1v) is 7.44. The minimum atomic E-state index is 0. The molecule has 0 bridgehead atoms. The van der Waals surface area contributed by atoms with Gasteiger partial charge in [0.05, 0.1) is 0 Å². The quantitative estimate of drug-likeness (QED) is 0.497. The molecule has 0 nitrogen and oxygen atoms in total. The van der Waals surface area contributed by atoms with Gasteiger partial charge in [-0.05, 0) is 6.42 Å². The Labute approximate surface area is 140 Å². The summed E-state index contributed by atoms with van der Waals surface area (Å²) in [6, 6.07) is 15.7. The maximum atomic E-state index is 2.39. The van der Waals surface area contributed by atoms with Crippen molar-refractivity contribution in [3.05, 3.63) is 76.2 Å². The molecule has 1 heteroatoms. The summed E-state index contributed by atoms with van der Waals surface area (Å²) in [5.74, 6) is 1.68. The van der Waals surface area contributed by atoms with Crippen LogP contribution in [0.5, 0.6) is 0 Å². The van der Waals surface area contributed by atoms with E-state index in [-0.39, 0.29) is 25.8 Å². The van der Waals surface area contributed by atoms with Crippen LogP contribution in [0.1, 0.15) is 40.7 Å². The van der Waals surface area contributed by atoms with Crippen LogP contribution in [0.3, 0.4) is 0 Å². The second-order valence-electron chi connectivity index (χ2n) is 5.86. The number of aryl methyl sites for hydroxylation is 2. The third-order valence-corrected chi connectivity index (χ3v) is 4.68. The number of fused-ring (bicyclic) bond motifs is 3. The van der Waals surface area contributed by atoms with Crippen LogP contribution in [0, 0.1) is 5.92 Å². The zero-order chi connectivity index (χ0) is 12.7. The molecule has 0 spiro atoms. The molecule has 0 amide bonds. The van der Waals surface area contributed by atoms with Crippen LogP contribution in [0.4, 0.5) is 0 Å². The van der Waals surface area contributed by atoms with E-state index in [1.807, 2.05) is 0 Å². The van der Waals surface area contributed by atoms with Gasteiger partial charge >= 0.3 is 0 Å². The topological polar surface area (TPSA) is 0 Å². The molecule has 20 heavy (non-hydrogen) atoms. The number of hydrogen-bond acceptors (Lipinski definition) is 0. The van der Waals surface area contributed by atoms with E-state index in [2.05, 4.69) is 42.5 Å². The first-order valence-electron chi connectivity index (χ1n) is 7.44. The van der Waals surface area contributed by atoms with Crippen LogP contribution in [-0.2, 0) is 51.5 Å². The Morgan fingerprint density at radius 3 is 2.50 bits per heavy atom. The largest absolute Gasteiger partial charge is 0.182 e. The average molecular weight is 426 g/mol. The summed E-state index contributed by atoms with van der Waals surface area (Å²) < 4.78 is 0.